The van der Waals surface area contributed by atoms with Crippen molar-refractivity contribution in [2.75, 3.05) is 40.5 Å². The van der Waals surface area contributed by atoms with Crippen LogP contribution in [0.2, 0.25) is 0 Å². The summed E-state index contributed by atoms with van der Waals surface area (Å²) in [6.07, 6.45) is 0.341. The summed E-state index contributed by atoms with van der Waals surface area (Å²) in [6.45, 7) is 3.03. The summed E-state index contributed by atoms with van der Waals surface area (Å²) >= 11 is 0. The van der Waals surface area contributed by atoms with E-state index in [1.54, 1.807) is 14.2 Å². The van der Waals surface area contributed by atoms with Crippen LogP contribution in [0.4, 0.5) is 0 Å². The topological polar surface area (TPSA) is 39.7 Å². The van der Waals surface area contributed by atoms with Crippen LogP contribution < -0.4 is 5.32 Å². The minimum atomic E-state index is 0.170. The van der Waals surface area contributed by atoms with E-state index in [0.717, 1.165) is 13.1 Å². The number of hydrogen-bond donors (Lipinski definition) is 1. The third-order valence-electron chi connectivity index (χ3n) is 1.83. The normalized spacial score (nSPS) is 30.5. The van der Waals surface area contributed by atoms with E-state index >= 15 is 0 Å². The van der Waals surface area contributed by atoms with Crippen LogP contribution in [0.25, 0.3) is 0 Å². The second kappa shape index (κ2) is 5.48. The summed E-state index contributed by atoms with van der Waals surface area (Å²) in [6, 6.07) is 0. The van der Waals surface area contributed by atoms with Crippen molar-refractivity contribution < 1.29 is 14.2 Å². The summed E-state index contributed by atoms with van der Waals surface area (Å²) < 4.78 is 15.7. The van der Waals surface area contributed by atoms with E-state index in [9.17, 15) is 0 Å². The molecule has 0 aromatic carbocycles. The van der Waals surface area contributed by atoms with Crippen molar-refractivity contribution in [2.24, 2.45) is 0 Å². The minimum Gasteiger partial charge on any atom is -0.382 e. The van der Waals surface area contributed by atoms with Gasteiger partial charge in [-0.1, -0.05) is 0 Å². The van der Waals surface area contributed by atoms with Crippen LogP contribution in [0.15, 0.2) is 0 Å². The Hall–Kier alpha value is -0.160. The lowest BCUT2D eigenvalue weighted by molar-refractivity contribution is -0.0905. The SMILES string of the molecule is COCC1CNCC(COC)O1. The lowest BCUT2D eigenvalue weighted by atomic mass is 10.2. The van der Waals surface area contributed by atoms with E-state index in [1.165, 1.54) is 0 Å². The molecule has 0 spiro atoms. The Morgan fingerprint density at radius 1 is 1.17 bits per heavy atom. The second-order valence-corrected chi connectivity index (χ2v) is 2.95. The van der Waals surface area contributed by atoms with Crippen LogP contribution in [-0.2, 0) is 14.2 Å². The minimum absolute atomic E-state index is 0.170. The number of methoxy groups -OCH3 is 2. The molecular weight excluding hydrogens is 158 g/mol. The molecule has 4 heteroatoms. The van der Waals surface area contributed by atoms with Gasteiger partial charge in [0, 0.05) is 27.3 Å². The molecule has 1 aliphatic heterocycles. The molecule has 0 aromatic rings. The van der Waals surface area contributed by atoms with Gasteiger partial charge in [0.15, 0.2) is 0 Å². The third kappa shape index (κ3) is 3.06. The highest BCUT2D eigenvalue weighted by Crippen LogP contribution is 2.04. The molecule has 1 fully saturated rings. The van der Waals surface area contributed by atoms with E-state index in [2.05, 4.69) is 5.32 Å². The Morgan fingerprint density at radius 3 is 2.08 bits per heavy atom. The molecule has 1 aliphatic rings. The maximum Gasteiger partial charge on any atom is 0.0937 e. The van der Waals surface area contributed by atoms with Crippen molar-refractivity contribution in [3.05, 3.63) is 0 Å². The summed E-state index contributed by atoms with van der Waals surface area (Å²) in [7, 11) is 3.37. The average Bonchev–Trinajstić information content (AvgIpc) is 2.06. The van der Waals surface area contributed by atoms with Gasteiger partial charge in [0.2, 0.25) is 0 Å². The second-order valence-electron chi connectivity index (χ2n) is 2.95. The van der Waals surface area contributed by atoms with Gasteiger partial charge in [-0.3, -0.25) is 0 Å². The van der Waals surface area contributed by atoms with Gasteiger partial charge in [-0.15, -0.1) is 0 Å². The zero-order valence-electron chi connectivity index (χ0n) is 7.71. The van der Waals surface area contributed by atoms with Gasteiger partial charge in [-0.25, -0.2) is 0 Å². The summed E-state index contributed by atoms with van der Waals surface area (Å²) in [4.78, 5) is 0. The van der Waals surface area contributed by atoms with Crippen LogP contribution in [0.5, 0.6) is 0 Å². The fraction of sp³-hybridized carbons (Fsp3) is 1.00. The maximum absolute atomic E-state index is 5.65. The van der Waals surface area contributed by atoms with E-state index in [0.29, 0.717) is 13.2 Å². The van der Waals surface area contributed by atoms with E-state index in [4.69, 9.17) is 14.2 Å². The first-order valence-electron chi connectivity index (χ1n) is 4.21. The highest BCUT2D eigenvalue weighted by atomic mass is 16.6. The highest BCUT2D eigenvalue weighted by molar-refractivity contribution is 4.73. The quantitative estimate of drug-likeness (QED) is 0.633. The van der Waals surface area contributed by atoms with E-state index in [1.807, 2.05) is 0 Å². The number of morpholine rings is 1. The Labute approximate surface area is 73.2 Å². The predicted molar refractivity (Wildman–Crippen MR) is 45.3 cm³/mol. The first-order chi connectivity index (χ1) is 5.86. The van der Waals surface area contributed by atoms with Crippen LogP contribution in [0.1, 0.15) is 0 Å². The molecule has 0 radical (unpaired) electrons. The molecule has 0 amide bonds. The molecule has 72 valence electrons. The van der Waals surface area contributed by atoms with Gasteiger partial charge in [-0.05, 0) is 0 Å². The third-order valence-corrected chi connectivity index (χ3v) is 1.83. The fourth-order valence-corrected chi connectivity index (χ4v) is 1.34. The van der Waals surface area contributed by atoms with Gasteiger partial charge in [0.1, 0.15) is 0 Å². The molecule has 2 atom stereocenters. The summed E-state index contributed by atoms with van der Waals surface area (Å²) in [5.41, 5.74) is 0. The van der Waals surface area contributed by atoms with E-state index < -0.39 is 0 Å². The molecule has 1 rings (SSSR count). The lowest BCUT2D eigenvalue weighted by Gasteiger charge is -2.29. The molecule has 0 saturated carbocycles. The summed E-state index contributed by atoms with van der Waals surface area (Å²) in [5.74, 6) is 0. The molecule has 12 heavy (non-hydrogen) atoms. The number of rotatable bonds is 4. The van der Waals surface area contributed by atoms with Crippen LogP contribution >= 0.6 is 0 Å². The first-order valence-corrected chi connectivity index (χ1v) is 4.21. The van der Waals surface area contributed by atoms with Crippen LogP contribution in [0.3, 0.4) is 0 Å². The van der Waals surface area contributed by atoms with Crippen molar-refractivity contribution in [3.63, 3.8) is 0 Å². The van der Waals surface area contributed by atoms with Crippen LogP contribution in [-0.4, -0.2) is 52.7 Å². The van der Waals surface area contributed by atoms with Crippen LogP contribution in [0, 0.1) is 0 Å². The number of nitrogens with one attached hydrogen (secondary N) is 1. The van der Waals surface area contributed by atoms with Crippen molar-refractivity contribution in [1.29, 1.82) is 0 Å². The Bertz CT molecular complexity index is 105. The predicted octanol–water partition coefficient (Wildman–Crippen LogP) is -0.364. The van der Waals surface area contributed by atoms with Gasteiger partial charge in [0.25, 0.3) is 0 Å². The highest BCUT2D eigenvalue weighted by Gasteiger charge is 2.21. The Morgan fingerprint density at radius 2 is 1.67 bits per heavy atom. The fourth-order valence-electron chi connectivity index (χ4n) is 1.34. The van der Waals surface area contributed by atoms with Gasteiger partial charge < -0.3 is 19.5 Å². The molecule has 2 unspecified atom stereocenters. The molecule has 0 aromatic heterocycles. The average molecular weight is 175 g/mol. The van der Waals surface area contributed by atoms with Gasteiger partial charge in [0.05, 0.1) is 25.4 Å². The zero-order valence-corrected chi connectivity index (χ0v) is 7.71. The molecule has 4 nitrogen and oxygen atoms in total. The van der Waals surface area contributed by atoms with Gasteiger partial charge in [-0.2, -0.15) is 0 Å². The van der Waals surface area contributed by atoms with Crippen molar-refractivity contribution in [3.8, 4) is 0 Å². The molecule has 0 bridgehead atoms. The monoisotopic (exact) mass is 175 g/mol. The van der Waals surface area contributed by atoms with Gasteiger partial charge >= 0.3 is 0 Å². The first kappa shape index (κ1) is 9.92. The maximum atomic E-state index is 5.65. The molecule has 1 N–H and O–H groups in total. The molecule has 1 heterocycles. The standard InChI is InChI=1S/C8H17NO3/c1-10-5-7-3-9-4-8(12-7)6-11-2/h7-9H,3-6H2,1-2H3. The van der Waals surface area contributed by atoms with Crippen molar-refractivity contribution in [1.82, 2.24) is 5.32 Å². The Balaban J connectivity index is 2.20. The van der Waals surface area contributed by atoms with E-state index in [-0.39, 0.29) is 12.2 Å². The zero-order chi connectivity index (χ0) is 8.81. The Kier molecular flexibility index (Phi) is 4.53. The van der Waals surface area contributed by atoms with Crippen molar-refractivity contribution >= 4 is 0 Å². The molecule has 1 saturated heterocycles. The summed E-state index contributed by atoms with van der Waals surface area (Å²) in [5, 5.41) is 3.27. The number of ether oxygens (including phenoxy) is 3. The largest absolute Gasteiger partial charge is 0.382 e. The smallest absolute Gasteiger partial charge is 0.0937 e. The molecule has 0 aliphatic carbocycles. The molecular formula is C8H17NO3. The number of hydrogen-bond acceptors (Lipinski definition) is 4. The van der Waals surface area contributed by atoms with Crippen molar-refractivity contribution in [2.45, 2.75) is 12.2 Å². The lowest BCUT2D eigenvalue weighted by Crippen LogP contribution is -2.48.